The predicted molar refractivity (Wildman–Crippen MR) is 109 cm³/mol. The molecule has 7 heteroatoms. The van der Waals surface area contributed by atoms with Crippen LogP contribution in [0.1, 0.15) is 5.69 Å². The normalized spacial score (nSPS) is 10.9. The molecule has 148 valence electrons. The number of rotatable bonds is 9. The van der Waals surface area contributed by atoms with E-state index in [1.54, 1.807) is 43.8 Å². The number of hydrogen-bond acceptors (Lipinski definition) is 6. The second-order valence-corrected chi connectivity index (χ2v) is 7.09. The molecule has 1 aromatic heterocycles. The lowest BCUT2D eigenvalue weighted by Crippen LogP contribution is -2.24. The Morgan fingerprint density at radius 1 is 1.04 bits per heavy atom. The quantitative estimate of drug-likeness (QED) is 0.528. The maximum absolute atomic E-state index is 13.6. The van der Waals surface area contributed by atoms with Crippen molar-refractivity contribution in [3.63, 3.8) is 0 Å². The summed E-state index contributed by atoms with van der Waals surface area (Å²) in [5, 5.41) is 2.97. The number of para-hydroxylation sites is 1. The topological polar surface area (TPSA) is 43.8 Å². The average Bonchev–Trinajstić information content (AvgIpc) is 3.17. The Bertz CT molecular complexity index is 916. The van der Waals surface area contributed by atoms with Gasteiger partial charge in [-0.2, -0.15) is 0 Å². The summed E-state index contributed by atoms with van der Waals surface area (Å²) in [5.74, 6) is 1.31. The summed E-state index contributed by atoms with van der Waals surface area (Å²) in [5.41, 5.74) is 1.96. The molecule has 0 saturated heterocycles. The number of aromatic nitrogens is 1. The molecule has 0 aliphatic heterocycles. The molecule has 3 aromatic rings. The van der Waals surface area contributed by atoms with Crippen LogP contribution in [-0.4, -0.2) is 44.3 Å². The third kappa shape index (κ3) is 4.99. The first kappa shape index (κ1) is 20.1. The highest BCUT2D eigenvalue weighted by molar-refractivity contribution is 7.13. The van der Waals surface area contributed by atoms with Crippen molar-refractivity contribution in [2.45, 2.75) is 6.54 Å². The number of benzene rings is 2. The maximum atomic E-state index is 13.6. The van der Waals surface area contributed by atoms with E-state index in [-0.39, 0.29) is 11.6 Å². The van der Waals surface area contributed by atoms with E-state index in [0.717, 1.165) is 16.3 Å². The van der Waals surface area contributed by atoms with Gasteiger partial charge in [0.15, 0.2) is 23.1 Å². The summed E-state index contributed by atoms with van der Waals surface area (Å²) in [6.07, 6.45) is 0. The zero-order valence-corrected chi connectivity index (χ0v) is 17.0. The van der Waals surface area contributed by atoms with E-state index in [4.69, 9.17) is 19.2 Å². The summed E-state index contributed by atoms with van der Waals surface area (Å²) in [7, 11) is 5.22. The Labute approximate surface area is 168 Å². The van der Waals surface area contributed by atoms with Crippen molar-refractivity contribution in [3.8, 4) is 27.8 Å². The van der Waals surface area contributed by atoms with Crippen LogP contribution in [0.2, 0.25) is 0 Å². The van der Waals surface area contributed by atoms with Gasteiger partial charge in [0, 0.05) is 24.0 Å². The van der Waals surface area contributed by atoms with E-state index in [2.05, 4.69) is 4.90 Å². The van der Waals surface area contributed by atoms with Crippen molar-refractivity contribution in [3.05, 3.63) is 59.4 Å². The molecule has 0 atom stereocenters. The van der Waals surface area contributed by atoms with Gasteiger partial charge in [-0.25, -0.2) is 9.37 Å². The zero-order valence-electron chi connectivity index (χ0n) is 16.1. The molecule has 0 aliphatic carbocycles. The summed E-state index contributed by atoms with van der Waals surface area (Å²) in [6, 6.07) is 12.2. The molecule has 2 aromatic carbocycles. The maximum Gasteiger partial charge on any atom is 0.165 e. The Morgan fingerprint density at radius 3 is 2.57 bits per heavy atom. The van der Waals surface area contributed by atoms with Crippen LogP contribution in [0.3, 0.4) is 0 Å². The van der Waals surface area contributed by atoms with Crippen LogP contribution in [0.25, 0.3) is 10.6 Å². The number of hydrogen-bond donors (Lipinski definition) is 0. The highest BCUT2D eigenvalue weighted by atomic mass is 32.1. The lowest BCUT2D eigenvalue weighted by Gasteiger charge is -2.15. The average molecular weight is 402 g/mol. The van der Waals surface area contributed by atoms with Gasteiger partial charge < -0.3 is 14.2 Å². The van der Waals surface area contributed by atoms with Crippen molar-refractivity contribution in [1.29, 1.82) is 0 Å². The number of likely N-dealkylation sites (N-methyl/N-ethyl adjacent to an activating group) is 1. The van der Waals surface area contributed by atoms with Gasteiger partial charge in [-0.15, -0.1) is 11.3 Å². The predicted octanol–water partition coefficient (Wildman–Crippen LogP) is 4.48. The standard InChI is InChI=1S/C21H23FN2O3S/c1-24(10-11-27-18-7-5-4-6-17(18)22)13-16-14-28-21(23-16)15-8-9-19(25-2)20(12-15)26-3/h4-9,12,14H,10-11,13H2,1-3H3. The molecule has 0 bridgehead atoms. The van der Waals surface area contributed by atoms with E-state index in [1.807, 2.05) is 30.6 Å². The highest BCUT2D eigenvalue weighted by Gasteiger charge is 2.11. The molecule has 0 fully saturated rings. The molecule has 28 heavy (non-hydrogen) atoms. The van der Waals surface area contributed by atoms with E-state index in [9.17, 15) is 4.39 Å². The molecular weight excluding hydrogens is 379 g/mol. The minimum Gasteiger partial charge on any atom is -0.493 e. The summed E-state index contributed by atoms with van der Waals surface area (Å²) in [6.45, 7) is 1.76. The van der Waals surface area contributed by atoms with Crippen LogP contribution in [-0.2, 0) is 6.54 Å². The van der Waals surface area contributed by atoms with Gasteiger partial charge in [-0.1, -0.05) is 12.1 Å². The molecule has 0 N–H and O–H groups in total. The van der Waals surface area contributed by atoms with Gasteiger partial charge in [-0.3, -0.25) is 4.90 Å². The van der Waals surface area contributed by atoms with Gasteiger partial charge in [0.05, 0.1) is 19.9 Å². The third-order valence-corrected chi connectivity index (χ3v) is 5.12. The minimum absolute atomic E-state index is 0.278. The molecule has 0 saturated carbocycles. The second kappa shape index (κ2) is 9.52. The Morgan fingerprint density at radius 2 is 1.82 bits per heavy atom. The van der Waals surface area contributed by atoms with Crippen LogP contribution >= 0.6 is 11.3 Å². The molecule has 0 radical (unpaired) electrons. The molecular formula is C21H23FN2O3S. The SMILES string of the molecule is COc1ccc(-c2nc(CN(C)CCOc3ccccc3F)cs2)cc1OC. The van der Waals surface area contributed by atoms with E-state index in [1.165, 1.54) is 6.07 Å². The minimum atomic E-state index is -0.343. The van der Waals surface area contributed by atoms with Crippen LogP contribution < -0.4 is 14.2 Å². The van der Waals surface area contributed by atoms with Crippen LogP contribution in [0, 0.1) is 5.82 Å². The first-order chi connectivity index (χ1) is 13.6. The van der Waals surface area contributed by atoms with Crippen molar-refractivity contribution >= 4 is 11.3 Å². The fraction of sp³-hybridized carbons (Fsp3) is 0.286. The van der Waals surface area contributed by atoms with E-state index < -0.39 is 0 Å². The monoisotopic (exact) mass is 402 g/mol. The van der Waals surface area contributed by atoms with Crippen molar-refractivity contribution < 1.29 is 18.6 Å². The zero-order chi connectivity index (χ0) is 19.9. The number of nitrogens with zero attached hydrogens (tertiary/aromatic N) is 2. The van der Waals surface area contributed by atoms with Gasteiger partial charge in [-0.05, 0) is 37.4 Å². The summed E-state index contributed by atoms with van der Waals surface area (Å²) in [4.78, 5) is 6.80. The number of thiazole rings is 1. The first-order valence-electron chi connectivity index (χ1n) is 8.83. The summed E-state index contributed by atoms with van der Waals surface area (Å²) < 4.78 is 29.7. The van der Waals surface area contributed by atoms with Crippen molar-refractivity contribution in [2.24, 2.45) is 0 Å². The molecule has 3 rings (SSSR count). The molecule has 0 unspecified atom stereocenters. The lowest BCUT2D eigenvalue weighted by atomic mass is 10.2. The molecule has 1 heterocycles. The highest BCUT2D eigenvalue weighted by Crippen LogP contribution is 2.33. The summed E-state index contributed by atoms with van der Waals surface area (Å²) >= 11 is 1.58. The third-order valence-electron chi connectivity index (χ3n) is 4.18. The first-order valence-corrected chi connectivity index (χ1v) is 9.71. The van der Waals surface area contributed by atoms with Crippen molar-refractivity contribution in [1.82, 2.24) is 9.88 Å². The fourth-order valence-electron chi connectivity index (χ4n) is 2.71. The van der Waals surface area contributed by atoms with E-state index >= 15 is 0 Å². The van der Waals surface area contributed by atoms with Gasteiger partial charge in [0.25, 0.3) is 0 Å². The number of ether oxygens (including phenoxy) is 3. The Balaban J connectivity index is 1.56. The lowest BCUT2D eigenvalue weighted by molar-refractivity contribution is 0.225. The van der Waals surface area contributed by atoms with Crippen LogP contribution in [0.15, 0.2) is 47.8 Å². The largest absolute Gasteiger partial charge is 0.493 e. The van der Waals surface area contributed by atoms with E-state index in [0.29, 0.717) is 31.2 Å². The molecule has 0 spiro atoms. The van der Waals surface area contributed by atoms with Crippen LogP contribution in [0.5, 0.6) is 17.2 Å². The molecule has 5 nitrogen and oxygen atoms in total. The smallest absolute Gasteiger partial charge is 0.165 e. The Hall–Kier alpha value is -2.64. The van der Waals surface area contributed by atoms with Gasteiger partial charge in [0.1, 0.15) is 11.6 Å². The molecule has 0 aliphatic rings. The molecule has 0 amide bonds. The number of halogens is 1. The van der Waals surface area contributed by atoms with Gasteiger partial charge >= 0.3 is 0 Å². The second-order valence-electron chi connectivity index (χ2n) is 6.23. The Kier molecular flexibility index (Phi) is 6.84. The van der Waals surface area contributed by atoms with Crippen molar-refractivity contribution in [2.75, 3.05) is 34.4 Å². The van der Waals surface area contributed by atoms with Gasteiger partial charge in [0.2, 0.25) is 0 Å². The fourth-order valence-corrected chi connectivity index (χ4v) is 3.52. The van der Waals surface area contributed by atoms with Crippen LogP contribution in [0.4, 0.5) is 4.39 Å². The number of methoxy groups -OCH3 is 2.